The number of carbonyl (C=O) groups excluding carboxylic acids is 1. The third-order valence-corrected chi connectivity index (χ3v) is 1.81. The molecule has 0 N–H and O–H groups in total. The molecule has 1 aromatic heterocycles. The number of aromatic nitrogens is 1. The summed E-state index contributed by atoms with van der Waals surface area (Å²) in [6.45, 7) is 0. The summed E-state index contributed by atoms with van der Waals surface area (Å²) in [6, 6.07) is 1.24. The van der Waals surface area contributed by atoms with Crippen LogP contribution in [0.15, 0.2) is 6.20 Å². The van der Waals surface area contributed by atoms with E-state index in [0.29, 0.717) is 6.20 Å². The molecule has 0 aliphatic heterocycles. The lowest BCUT2D eigenvalue weighted by atomic mass is 10.1. The zero-order valence-electron chi connectivity index (χ0n) is 8.00. The van der Waals surface area contributed by atoms with Gasteiger partial charge in [-0.3, -0.25) is 0 Å². The normalized spacial score (nSPS) is 10.0. The molecule has 0 unspecified atom stereocenters. The molecular formula is C9H5F3N2O2. The Hall–Kier alpha value is -2.10. The van der Waals surface area contributed by atoms with Gasteiger partial charge >= 0.3 is 5.97 Å². The minimum atomic E-state index is -3.17. The number of hydrogen-bond donors (Lipinski definition) is 0. The summed E-state index contributed by atoms with van der Waals surface area (Å²) in [5.74, 6) is -2.44. The van der Waals surface area contributed by atoms with Crippen molar-refractivity contribution < 1.29 is 22.7 Å². The quantitative estimate of drug-likeness (QED) is 0.574. The Morgan fingerprint density at radius 3 is 2.69 bits per heavy atom. The lowest BCUT2D eigenvalue weighted by Crippen LogP contribution is -2.10. The van der Waals surface area contributed by atoms with Crippen LogP contribution >= 0.6 is 0 Å². The number of esters is 1. The van der Waals surface area contributed by atoms with E-state index in [9.17, 15) is 18.0 Å². The first-order valence-electron chi connectivity index (χ1n) is 3.97. The van der Waals surface area contributed by atoms with Gasteiger partial charge in [0.15, 0.2) is 0 Å². The third kappa shape index (κ3) is 1.95. The van der Waals surface area contributed by atoms with Crippen molar-refractivity contribution in [2.24, 2.45) is 0 Å². The largest absolute Gasteiger partial charge is 0.465 e. The molecule has 0 bridgehead atoms. The van der Waals surface area contributed by atoms with Crippen molar-refractivity contribution in [3.05, 3.63) is 28.8 Å². The number of alkyl halides is 2. The summed E-state index contributed by atoms with van der Waals surface area (Å²) in [6.07, 6.45) is -2.55. The Labute approximate surface area is 88.3 Å². The Bertz CT molecular complexity index is 469. The minimum absolute atomic E-state index is 0.615. The maximum atomic E-state index is 12.9. The number of nitrogens with zero attached hydrogens (tertiary/aromatic N) is 2. The van der Waals surface area contributed by atoms with Gasteiger partial charge in [-0.05, 0) is 0 Å². The van der Waals surface area contributed by atoms with Crippen LogP contribution < -0.4 is 0 Å². The standard InChI is InChI=1S/C9H5F3N2O2/c1-16-9(15)5-3-14-8(12)4(2-13)6(5)7(10)11/h3,7H,1H3. The van der Waals surface area contributed by atoms with Crippen LogP contribution in [0.3, 0.4) is 0 Å². The molecule has 1 rings (SSSR count). The molecule has 0 amide bonds. The maximum Gasteiger partial charge on any atom is 0.339 e. The van der Waals surface area contributed by atoms with Gasteiger partial charge in [-0.1, -0.05) is 0 Å². The van der Waals surface area contributed by atoms with E-state index >= 15 is 0 Å². The Morgan fingerprint density at radius 1 is 1.62 bits per heavy atom. The fraction of sp³-hybridized carbons (Fsp3) is 0.222. The van der Waals surface area contributed by atoms with Gasteiger partial charge in [0.05, 0.1) is 18.2 Å². The van der Waals surface area contributed by atoms with E-state index < -0.39 is 35.0 Å². The molecule has 0 saturated carbocycles. The summed E-state index contributed by atoms with van der Waals surface area (Å²) in [7, 11) is 0.979. The van der Waals surface area contributed by atoms with Crippen LogP contribution in [-0.4, -0.2) is 18.1 Å². The Morgan fingerprint density at radius 2 is 2.25 bits per heavy atom. The predicted octanol–water partition coefficient (Wildman–Crippen LogP) is 1.82. The number of hydrogen-bond acceptors (Lipinski definition) is 4. The van der Waals surface area contributed by atoms with Crippen LogP contribution in [0, 0.1) is 17.3 Å². The van der Waals surface area contributed by atoms with Crippen molar-refractivity contribution >= 4 is 5.97 Å². The van der Waals surface area contributed by atoms with Crippen LogP contribution in [-0.2, 0) is 4.74 Å². The second-order valence-corrected chi connectivity index (χ2v) is 2.66. The molecule has 16 heavy (non-hydrogen) atoms. The van der Waals surface area contributed by atoms with Crippen LogP contribution in [0.2, 0.25) is 0 Å². The third-order valence-electron chi connectivity index (χ3n) is 1.81. The lowest BCUT2D eigenvalue weighted by molar-refractivity contribution is 0.0588. The van der Waals surface area contributed by atoms with E-state index in [-0.39, 0.29) is 0 Å². The SMILES string of the molecule is COC(=O)c1cnc(F)c(C#N)c1C(F)F. The zero-order valence-corrected chi connectivity index (χ0v) is 8.00. The summed E-state index contributed by atoms with van der Waals surface area (Å²) in [5.41, 5.74) is -2.56. The smallest absolute Gasteiger partial charge is 0.339 e. The van der Waals surface area contributed by atoms with E-state index in [1.807, 2.05) is 0 Å². The van der Waals surface area contributed by atoms with Crippen LogP contribution in [0.5, 0.6) is 0 Å². The first-order chi connectivity index (χ1) is 7.52. The molecular weight excluding hydrogens is 225 g/mol. The van der Waals surface area contributed by atoms with Crippen LogP contribution in [0.25, 0.3) is 0 Å². The van der Waals surface area contributed by atoms with Crippen molar-refractivity contribution in [2.75, 3.05) is 7.11 Å². The predicted molar refractivity (Wildman–Crippen MR) is 45.2 cm³/mol. The van der Waals surface area contributed by atoms with Crippen molar-refractivity contribution in [2.45, 2.75) is 6.43 Å². The van der Waals surface area contributed by atoms with E-state index in [1.165, 1.54) is 6.07 Å². The van der Waals surface area contributed by atoms with Crippen LogP contribution in [0.4, 0.5) is 13.2 Å². The molecule has 0 atom stereocenters. The summed E-state index contributed by atoms with van der Waals surface area (Å²) in [4.78, 5) is 14.1. The van der Waals surface area contributed by atoms with Crippen molar-refractivity contribution in [1.82, 2.24) is 4.98 Å². The molecule has 1 aromatic rings. The molecule has 0 spiro atoms. The zero-order chi connectivity index (χ0) is 12.3. The average molecular weight is 230 g/mol. The van der Waals surface area contributed by atoms with E-state index in [2.05, 4.69) is 9.72 Å². The first kappa shape index (κ1) is 12.0. The summed E-state index contributed by atoms with van der Waals surface area (Å²) >= 11 is 0. The van der Waals surface area contributed by atoms with Gasteiger partial charge in [-0.15, -0.1) is 0 Å². The van der Waals surface area contributed by atoms with Crippen molar-refractivity contribution in [1.29, 1.82) is 5.26 Å². The van der Waals surface area contributed by atoms with Crippen molar-refractivity contribution in [3.8, 4) is 6.07 Å². The van der Waals surface area contributed by atoms with Gasteiger partial charge in [-0.2, -0.15) is 9.65 Å². The van der Waals surface area contributed by atoms with Gasteiger partial charge in [-0.25, -0.2) is 18.6 Å². The Kier molecular flexibility index (Phi) is 3.45. The molecule has 0 aliphatic carbocycles. The van der Waals surface area contributed by atoms with Crippen molar-refractivity contribution in [3.63, 3.8) is 0 Å². The molecule has 1 heterocycles. The molecule has 0 saturated heterocycles. The minimum Gasteiger partial charge on any atom is -0.465 e. The number of nitriles is 1. The number of halogens is 3. The molecule has 0 aromatic carbocycles. The highest BCUT2D eigenvalue weighted by Crippen LogP contribution is 2.27. The fourth-order valence-electron chi connectivity index (χ4n) is 1.11. The molecule has 7 heteroatoms. The number of pyridine rings is 1. The molecule has 0 fully saturated rings. The second kappa shape index (κ2) is 4.61. The highest BCUT2D eigenvalue weighted by Gasteiger charge is 2.26. The van der Waals surface area contributed by atoms with E-state index in [0.717, 1.165) is 7.11 Å². The maximum absolute atomic E-state index is 12.9. The van der Waals surface area contributed by atoms with Gasteiger partial charge in [0.25, 0.3) is 6.43 Å². The van der Waals surface area contributed by atoms with E-state index in [1.54, 1.807) is 0 Å². The fourth-order valence-corrected chi connectivity index (χ4v) is 1.11. The number of rotatable bonds is 2. The second-order valence-electron chi connectivity index (χ2n) is 2.66. The van der Waals surface area contributed by atoms with Crippen LogP contribution in [0.1, 0.15) is 27.9 Å². The lowest BCUT2D eigenvalue weighted by Gasteiger charge is -2.08. The molecule has 4 nitrogen and oxygen atoms in total. The monoisotopic (exact) mass is 230 g/mol. The van der Waals surface area contributed by atoms with E-state index in [4.69, 9.17) is 5.26 Å². The average Bonchev–Trinajstić information content (AvgIpc) is 2.27. The summed E-state index contributed by atoms with van der Waals surface area (Å²) < 4.78 is 42.4. The number of ether oxygens (including phenoxy) is 1. The van der Waals surface area contributed by atoms with Gasteiger partial charge in [0.1, 0.15) is 11.6 Å². The Balaban J connectivity index is 3.53. The van der Waals surface area contributed by atoms with Gasteiger partial charge in [0.2, 0.25) is 5.95 Å². The number of methoxy groups -OCH3 is 1. The van der Waals surface area contributed by atoms with Gasteiger partial charge < -0.3 is 4.74 Å². The molecule has 0 aliphatic rings. The van der Waals surface area contributed by atoms with Gasteiger partial charge in [0, 0.05) is 6.20 Å². The highest BCUT2D eigenvalue weighted by molar-refractivity contribution is 5.91. The summed E-state index contributed by atoms with van der Waals surface area (Å²) in [5, 5.41) is 8.51. The topological polar surface area (TPSA) is 63.0 Å². The highest BCUT2D eigenvalue weighted by atomic mass is 19.3. The molecule has 0 radical (unpaired) electrons. The number of carbonyl (C=O) groups is 1. The first-order valence-corrected chi connectivity index (χ1v) is 3.97. The molecule has 84 valence electrons.